The van der Waals surface area contributed by atoms with Crippen LogP contribution in [0, 0.1) is 12.3 Å². The molecule has 0 fully saturated rings. The molecule has 94 heavy (non-hydrogen) atoms. The van der Waals surface area contributed by atoms with E-state index >= 15 is 0 Å². The molecule has 11 aromatic rings. The quantitative estimate of drug-likeness (QED) is 0.128. The molecule has 16 rings (SSSR count). The molecule has 9 aromatic carbocycles. The van der Waals surface area contributed by atoms with Gasteiger partial charge in [-0.05, 0) is 176 Å². The minimum Gasteiger partial charge on any atom is -0.317 e. The zero-order valence-electron chi connectivity index (χ0n) is 53.3. The summed E-state index contributed by atoms with van der Waals surface area (Å²) < 4.78 is 2.38. The van der Waals surface area contributed by atoms with Gasteiger partial charge in [-0.15, -0.1) is 6.42 Å². The number of nitrogens with zero attached hydrogens (tertiary/aromatic N) is 6. The van der Waals surface area contributed by atoms with E-state index in [1.807, 2.05) is 72.8 Å². The largest absolute Gasteiger partial charge is 0.317 e. The minimum absolute atomic E-state index is 0.0567. The fraction of sp³-hybridized carbons (Fsp3) is 0.102. The molecule has 6 nitrogen and oxygen atoms in total. The molecular formula is C88H68N6. The maximum atomic E-state index is 6.63. The zero-order valence-corrected chi connectivity index (χ0v) is 53.3. The summed E-state index contributed by atoms with van der Waals surface area (Å²) in [5.41, 5.74) is 27.4. The minimum atomic E-state index is -0.333. The van der Waals surface area contributed by atoms with Crippen LogP contribution in [0.25, 0.3) is 95.1 Å². The highest BCUT2D eigenvalue weighted by atomic mass is 15.1. The molecule has 0 spiro atoms. The van der Waals surface area contributed by atoms with Crippen molar-refractivity contribution in [3.8, 4) is 63.3 Å². The van der Waals surface area contributed by atoms with Gasteiger partial charge < -0.3 is 14.4 Å². The van der Waals surface area contributed by atoms with Crippen molar-refractivity contribution < 1.29 is 0 Å². The summed E-state index contributed by atoms with van der Waals surface area (Å²) >= 11 is 0. The van der Waals surface area contributed by atoms with Crippen LogP contribution in [0.2, 0.25) is 0 Å². The lowest BCUT2D eigenvalue weighted by Gasteiger charge is -2.29. The molecule has 5 aliphatic rings. The summed E-state index contributed by atoms with van der Waals surface area (Å²) in [6.07, 6.45) is 32.6. The van der Waals surface area contributed by atoms with Crippen molar-refractivity contribution in [3.63, 3.8) is 0 Å². The first kappa shape index (κ1) is 57.5. The number of benzene rings is 9. The van der Waals surface area contributed by atoms with E-state index in [1.165, 1.54) is 39.0 Å². The molecular weight excluding hydrogens is 1140 g/mol. The SMILES string of the molecule is C#CC1/C=C(c2ccc3c(c2)c2cc(-c4ccc5c(c4)C(=C)/C=C\C=C/N5c4ccc5c(c4)C(C)(C)C4=C5C=CCC4)ccc2n3-c2cccc(-c3nc(-c4ccccc4)nc(-c4ccccc4)n3)c2)\C=C/N(c2ccc3c(c2)C(C)(C)C(C=C)=C3C=C)c2ccccc21. The number of terminal acetylenes is 1. The molecule has 0 saturated heterocycles. The third-order valence-corrected chi connectivity index (χ3v) is 20.0. The summed E-state index contributed by atoms with van der Waals surface area (Å²) in [5, 5.41) is 2.19. The van der Waals surface area contributed by atoms with Crippen molar-refractivity contribution in [2.75, 3.05) is 9.80 Å². The van der Waals surface area contributed by atoms with Gasteiger partial charge in [0.2, 0.25) is 0 Å². The fourth-order valence-corrected chi connectivity index (χ4v) is 15.2. The number of fused-ring (bicyclic) bond motifs is 8. The van der Waals surface area contributed by atoms with Gasteiger partial charge in [0.1, 0.15) is 0 Å². The summed E-state index contributed by atoms with van der Waals surface area (Å²) in [7, 11) is 0. The molecule has 0 bridgehead atoms. The summed E-state index contributed by atoms with van der Waals surface area (Å²) in [4.78, 5) is 20.0. The first-order chi connectivity index (χ1) is 45.9. The van der Waals surface area contributed by atoms with E-state index in [0.717, 1.165) is 124 Å². The average molecular weight is 1210 g/mol. The first-order valence-corrected chi connectivity index (χ1v) is 32.4. The Bertz CT molecular complexity index is 5280. The first-order valence-electron chi connectivity index (χ1n) is 32.4. The number of hydrogen-bond acceptors (Lipinski definition) is 5. The van der Waals surface area contributed by atoms with Gasteiger partial charge in [0.15, 0.2) is 17.5 Å². The van der Waals surface area contributed by atoms with Crippen molar-refractivity contribution in [2.45, 2.75) is 57.3 Å². The Morgan fingerprint density at radius 1 is 0.511 bits per heavy atom. The number of rotatable bonds is 10. The second kappa shape index (κ2) is 22.6. The molecule has 450 valence electrons. The van der Waals surface area contributed by atoms with Crippen LogP contribution in [-0.4, -0.2) is 19.5 Å². The van der Waals surface area contributed by atoms with Gasteiger partial charge in [0, 0.05) is 73.3 Å². The molecule has 3 aliphatic carbocycles. The van der Waals surface area contributed by atoms with Crippen LogP contribution in [0.4, 0.5) is 22.7 Å². The Kier molecular flexibility index (Phi) is 13.8. The number of allylic oxidation sites excluding steroid dienone is 15. The highest BCUT2D eigenvalue weighted by Gasteiger charge is 2.39. The highest BCUT2D eigenvalue weighted by Crippen LogP contribution is 2.53. The van der Waals surface area contributed by atoms with Gasteiger partial charge in [-0.3, -0.25) is 0 Å². The summed E-state index contributed by atoms with van der Waals surface area (Å²) in [6.45, 7) is 22.4. The molecule has 0 N–H and O–H groups in total. The molecule has 0 amide bonds. The van der Waals surface area contributed by atoms with Crippen molar-refractivity contribution in [3.05, 3.63) is 337 Å². The van der Waals surface area contributed by atoms with Crippen LogP contribution in [0.15, 0.2) is 298 Å². The van der Waals surface area contributed by atoms with Crippen molar-refractivity contribution in [2.24, 2.45) is 0 Å². The van der Waals surface area contributed by atoms with Crippen molar-refractivity contribution in [1.29, 1.82) is 0 Å². The van der Waals surface area contributed by atoms with Crippen molar-refractivity contribution in [1.82, 2.24) is 19.5 Å². The third-order valence-electron chi connectivity index (χ3n) is 20.0. The van der Waals surface area contributed by atoms with Gasteiger partial charge in [0.25, 0.3) is 0 Å². The molecule has 4 heterocycles. The van der Waals surface area contributed by atoms with Crippen LogP contribution < -0.4 is 9.80 Å². The lowest BCUT2D eigenvalue weighted by atomic mass is 9.78. The topological polar surface area (TPSA) is 50.1 Å². The number of anilines is 4. The van der Waals surface area contributed by atoms with E-state index in [4.69, 9.17) is 21.4 Å². The van der Waals surface area contributed by atoms with E-state index in [0.29, 0.717) is 17.5 Å². The number of aromatic nitrogens is 4. The molecule has 6 heteroatoms. The Morgan fingerprint density at radius 2 is 1.13 bits per heavy atom. The fourth-order valence-electron chi connectivity index (χ4n) is 15.2. The van der Waals surface area contributed by atoms with Gasteiger partial charge in [-0.2, -0.15) is 0 Å². The maximum absolute atomic E-state index is 6.63. The van der Waals surface area contributed by atoms with Crippen LogP contribution in [0.1, 0.15) is 85.4 Å². The Morgan fingerprint density at radius 3 is 1.83 bits per heavy atom. The summed E-state index contributed by atoms with van der Waals surface area (Å²) in [5.74, 6) is 4.68. The smallest absolute Gasteiger partial charge is 0.164 e. The molecule has 2 aliphatic heterocycles. The average Bonchev–Trinajstić information content (AvgIpc) is 1.58. The zero-order chi connectivity index (χ0) is 64.0. The number of para-hydroxylation sites is 1. The van der Waals surface area contributed by atoms with Crippen LogP contribution in [0.5, 0.6) is 0 Å². The highest BCUT2D eigenvalue weighted by molar-refractivity contribution is 6.12. The molecule has 0 radical (unpaired) electrons. The van der Waals surface area contributed by atoms with E-state index in [2.05, 4.69) is 262 Å². The lowest BCUT2D eigenvalue weighted by Crippen LogP contribution is -2.19. The van der Waals surface area contributed by atoms with Crippen LogP contribution in [-0.2, 0) is 10.8 Å². The van der Waals surface area contributed by atoms with E-state index in [9.17, 15) is 0 Å². The van der Waals surface area contributed by atoms with Crippen molar-refractivity contribution >= 4 is 66.8 Å². The molecule has 2 aromatic heterocycles. The standard InChI is InChI=1S/C88H68N6/c1-9-57-49-63(46-48-93(80-35-21-19-32-69(57)80)66-39-41-71-68(10-2)76(11-3)87(5,6)78(71)55-66)62-38-45-83-75(53-62)74-52-61(60-36-43-81-73(51-60)56(4)25-22-23-47-92(81)65-40-42-72-70-33-18-20-34-77(70)88(7,8)79(72)54-65)37-44-82(74)94(83)67-31-24-30-64(50-67)86-90-84(58-26-14-12-15-27-58)89-85(91-86)59-28-16-13-17-29-59/h1,10-19,21-33,35-55,57H,2-4,20,34H2,5-8H3/b25-22-,47-23-,48-46-,63-49+. The Hall–Kier alpha value is -11.7. The monoisotopic (exact) mass is 1210 g/mol. The molecule has 1 unspecified atom stereocenters. The second-order valence-electron chi connectivity index (χ2n) is 26.0. The van der Waals surface area contributed by atoms with Gasteiger partial charge in [0.05, 0.1) is 28.3 Å². The normalized spacial score (nSPS) is 18.1. The lowest BCUT2D eigenvalue weighted by molar-refractivity contribution is 0.607. The predicted molar refractivity (Wildman–Crippen MR) is 394 cm³/mol. The van der Waals surface area contributed by atoms with Gasteiger partial charge in [-0.25, -0.2) is 15.0 Å². The predicted octanol–water partition coefficient (Wildman–Crippen LogP) is 22.1. The molecule has 1 atom stereocenters. The number of hydrogen-bond donors (Lipinski definition) is 0. The van der Waals surface area contributed by atoms with Gasteiger partial charge >= 0.3 is 0 Å². The summed E-state index contributed by atoms with van der Waals surface area (Å²) in [6, 6.07) is 71.7. The van der Waals surface area contributed by atoms with Crippen LogP contribution in [0.3, 0.4) is 0 Å². The van der Waals surface area contributed by atoms with E-state index < -0.39 is 0 Å². The Balaban J connectivity index is 0.847. The van der Waals surface area contributed by atoms with Gasteiger partial charge in [-0.1, -0.05) is 223 Å². The molecule has 0 saturated carbocycles. The third kappa shape index (κ3) is 9.45. The Labute approximate surface area is 550 Å². The maximum Gasteiger partial charge on any atom is 0.164 e. The van der Waals surface area contributed by atoms with E-state index in [-0.39, 0.29) is 16.7 Å². The van der Waals surface area contributed by atoms with E-state index in [1.54, 1.807) is 0 Å². The second-order valence-corrected chi connectivity index (χ2v) is 26.0. The van der Waals surface area contributed by atoms with Crippen LogP contribution >= 0.6 is 0 Å².